The third kappa shape index (κ3) is 3.47. The Morgan fingerprint density at radius 1 is 1.27 bits per heavy atom. The van der Waals surface area contributed by atoms with Crippen LogP contribution in [0.15, 0.2) is 18.5 Å². The Morgan fingerprint density at radius 2 is 1.80 bits per heavy atom. The third-order valence-corrected chi connectivity index (χ3v) is 2.08. The number of hydrogen-bond donors (Lipinski definition) is 1. The maximum atomic E-state index is 9.93. The Balaban J connectivity index is 2.77. The van der Waals surface area contributed by atoms with Crippen molar-refractivity contribution in [2.75, 3.05) is 0 Å². The summed E-state index contributed by atoms with van der Waals surface area (Å²) < 4.78 is 5.57. The van der Waals surface area contributed by atoms with Gasteiger partial charge in [0.15, 0.2) is 0 Å². The first-order valence-corrected chi connectivity index (χ1v) is 5.07. The Morgan fingerprint density at radius 3 is 2.20 bits per heavy atom. The molecule has 1 aromatic rings. The van der Waals surface area contributed by atoms with Crippen LogP contribution >= 0.6 is 0 Å². The van der Waals surface area contributed by atoms with Gasteiger partial charge in [0.2, 0.25) is 0 Å². The largest absolute Gasteiger partial charge is 0.457 e. The van der Waals surface area contributed by atoms with E-state index < -0.39 is 5.60 Å². The molecule has 4 heteroatoms. The fraction of sp³-hybridized carbons (Fsp3) is 0.636. The minimum atomic E-state index is -0.909. The molecular formula is C11H18N2O2. The predicted octanol–water partition coefficient (Wildman–Crippen LogP) is 1.65. The SMILES string of the molecule is CC(C)C(Oc1ncccn1)C(C)(C)O. The van der Waals surface area contributed by atoms with Gasteiger partial charge in [0.05, 0.1) is 5.60 Å². The molecule has 84 valence electrons. The van der Waals surface area contributed by atoms with Gasteiger partial charge in [-0.2, -0.15) is 0 Å². The van der Waals surface area contributed by atoms with Gasteiger partial charge in [-0.05, 0) is 25.8 Å². The van der Waals surface area contributed by atoms with E-state index in [9.17, 15) is 5.11 Å². The molecule has 0 aromatic carbocycles. The zero-order valence-corrected chi connectivity index (χ0v) is 9.64. The molecule has 0 amide bonds. The zero-order valence-electron chi connectivity index (χ0n) is 9.64. The summed E-state index contributed by atoms with van der Waals surface area (Å²) in [6.07, 6.45) is 2.91. The second-order valence-electron chi connectivity index (χ2n) is 4.47. The Kier molecular flexibility index (Phi) is 3.63. The Labute approximate surface area is 90.3 Å². The van der Waals surface area contributed by atoms with Crippen LogP contribution < -0.4 is 4.74 Å². The molecule has 0 aliphatic heterocycles. The second-order valence-corrected chi connectivity index (χ2v) is 4.47. The van der Waals surface area contributed by atoms with Gasteiger partial charge < -0.3 is 9.84 Å². The van der Waals surface area contributed by atoms with Gasteiger partial charge in [-0.1, -0.05) is 13.8 Å². The lowest BCUT2D eigenvalue weighted by atomic mass is 9.92. The van der Waals surface area contributed by atoms with Crippen LogP contribution in [0.5, 0.6) is 6.01 Å². The number of rotatable bonds is 4. The van der Waals surface area contributed by atoms with Gasteiger partial charge in [0, 0.05) is 12.4 Å². The predicted molar refractivity (Wildman–Crippen MR) is 57.6 cm³/mol. The molecule has 1 heterocycles. The highest BCUT2D eigenvalue weighted by Gasteiger charge is 2.32. The minimum absolute atomic E-state index is 0.189. The number of ether oxygens (including phenoxy) is 1. The summed E-state index contributed by atoms with van der Waals surface area (Å²) in [6, 6.07) is 2.03. The number of aromatic nitrogens is 2. The first kappa shape index (κ1) is 11.9. The molecule has 4 nitrogen and oxygen atoms in total. The lowest BCUT2D eigenvalue weighted by Gasteiger charge is -2.31. The quantitative estimate of drug-likeness (QED) is 0.821. The number of nitrogens with zero attached hydrogens (tertiary/aromatic N) is 2. The molecule has 1 unspecified atom stereocenters. The lowest BCUT2D eigenvalue weighted by Crippen LogP contribution is -2.44. The van der Waals surface area contributed by atoms with E-state index in [1.54, 1.807) is 32.3 Å². The molecule has 0 radical (unpaired) electrons. The van der Waals surface area contributed by atoms with Crippen molar-refractivity contribution in [3.8, 4) is 6.01 Å². The van der Waals surface area contributed by atoms with Crippen molar-refractivity contribution in [2.24, 2.45) is 5.92 Å². The van der Waals surface area contributed by atoms with Crippen molar-refractivity contribution in [1.82, 2.24) is 9.97 Å². The van der Waals surface area contributed by atoms with E-state index in [0.717, 1.165) is 0 Å². The van der Waals surface area contributed by atoms with E-state index in [2.05, 4.69) is 9.97 Å². The number of aliphatic hydroxyl groups is 1. The summed E-state index contributed by atoms with van der Waals surface area (Å²) in [6.45, 7) is 7.43. The van der Waals surface area contributed by atoms with Crippen LogP contribution in [-0.2, 0) is 0 Å². The highest BCUT2D eigenvalue weighted by atomic mass is 16.5. The van der Waals surface area contributed by atoms with Crippen molar-refractivity contribution in [2.45, 2.75) is 39.4 Å². The maximum Gasteiger partial charge on any atom is 0.316 e. The van der Waals surface area contributed by atoms with Crippen LogP contribution in [0.2, 0.25) is 0 Å². The van der Waals surface area contributed by atoms with Crippen molar-refractivity contribution in [3.05, 3.63) is 18.5 Å². The average molecular weight is 210 g/mol. The summed E-state index contributed by atoms with van der Waals surface area (Å²) in [5.41, 5.74) is -0.909. The van der Waals surface area contributed by atoms with Crippen molar-refractivity contribution in [3.63, 3.8) is 0 Å². The van der Waals surface area contributed by atoms with Crippen LogP contribution in [0.3, 0.4) is 0 Å². The van der Waals surface area contributed by atoms with Gasteiger partial charge in [-0.15, -0.1) is 0 Å². The lowest BCUT2D eigenvalue weighted by molar-refractivity contribution is -0.0588. The molecule has 1 aromatic heterocycles. The van der Waals surface area contributed by atoms with Gasteiger partial charge in [-0.25, -0.2) is 9.97 Å². The molecule has 1 atom stereocenters. The summed E-state index contributed by atoms with van der Waals surface area (Å²) in [5, 5.41) is 9.93. The molecule has 0 bridgehead atoms. The maximum absolute atomic E-state index is 9.93. The first-order chi connectivity index (χ1) is 6.91. The van der Waals surface area contributed by atoms with Crippen LogP contribution in [0.1, 0.15) is 27.7 Å². The van der Waals surface area contributed by atoms with E-state index in [4.69, 9.17) is 4.74 Å². The van der Waals surface area contributed by atoms with Gasteiger partial charge in [-0.3, -0.25) is 0 Å². The van der Waals surface area contributed by atoms with Crippen LogP contribution in [0.4, 0.5) is 0 Å². The third-order valence-electron chi connectivity index (χ3n) is 2.08. The van der Waals surface area contributed by atoms with Crippen LogP contribution in [0, 0.1) is 5.92 Å². The summed E-state index contributed by atoms with van der Waals surface area (Å²) >= 11 is 0. The van der Waals surface area contributed by atoms with Crippen LogP contribution in [0.25, 0.3) is 0 Å². The van der Waals surface area contributed by atoms with Crippen molar-refractivity contribution in [1.29, 1.82) is 0 Å². The molecular weight excluding hydrogens is 192 g/mol. The molecule has 1 N–H and O–H groups in total. The normalized spacial score (nSPS) is 14.0. The highest BCUT2D eigenvalue weighted by molar-refractivity contribution is 4.96. The monoisotopic (exact) mass is 210 g/mol. The molecule has 0 fully saturated rings. The van der Waals surface area contributed by atoms with E-state index in [1.165, 1.54) is 0 Å². The topological polar surface area (TPSA) is 55.2 Å². The fourth-order valence-corrected chi connectivity index (χ4v) is 1.56. The summed E-state index contributed by atoms with van der Waals surface area (Å²) in [4.78, 5) is 7.94. The number of hydrogen-bond acceptors (Lipinski definition) is 4. The van der Waals surface area contributed by atoms with E-state index >= 15 is 0 Å². The van der Waals surface area contributed by atoms with Gasteiger partial charge in [0.1, 0.15) is 6.10 Å². The average Bonchev–Trinajstić information content (AvgIpc) is 2.13. The van der Waals surface area contributed by atoms with E-state index in [0.29, 0.717) is 6.01 Å². The highest BCUT2D eigenvalue weighted by Crippen LogP contribution is 2.21. The smallest absolute Gasteiger partial charge is 0.316 e. The van der Waals surface area contributed by atoms with E-state index in [-0.39, 0.29) is 12.0 Å². The van der Waals surface area contributed by atoms with Crippen molar-refractivity contribution >= 4 is 0 Å². The Hall–Kier alpha value is -1.16. The minimum Gasteiger partial charge on any atom is -0.457 e. The summed E-state index contributed by atoms with van der Waals surface area (Å²) in [7, 11) is 0. The Bertz CT molecular complexity index is 293. The molecule has 0 aliphatic carbocycles. The fourth-order valence-electron chi connectivity index (χ4n) is 1.56. The molecule has 0 saturated heterocycles. The van der Waals surface area contributed by atoms with Crippen LogP contribution in [-0.4, -0.2) is 26.8 Å². The zero-order chi connectivity index (χ0) is 11.5. The van der Waals surface area contributed by atoms with Gasteiger partial charge in [0.25, 0.3) is 0 Å². The summed E-state index contributed by atoms with van der Waals surface area (Å²) in [5.74, 6) is 0.189. The van der Waals surface area contributed by atoms with Gasteiger partial charge >= 0.3 is 6.01 Å². The molecule has 0 spiro atoms. The standard InChI is InChI=1S/C11H18N2O2/c1-8(2)9(11(3,4)14)15-10-12-6-5-7-13-10/h5-9,14H,1-4H3. The molecule has 1 rings (SSSR count). The molecule has 15 heavy (non-hydrogen) atoms. The van der Waals surface area contributed by atoms with E-state index in [1.807, 2.05) is 13.8 Å². The first-order valence-electron chi connectivity index (χ1n) is 5.07. The molecule has 0 saturated carbocycles. The molecule has 0 aliphatic rings. The van der Waals surface area contributed by atoms with Crippen molar-refractivity contribution < 1.29 is 9.84 Å². The second kappa shape index (κ2) is 4.57.